The standard InChI is InChI=1S/C10H4BrCl2FN2O/c11-6-4-15-10(13)16-9(6)17-5-1-2-7(12)8(14)3-5/h1-4H. The van der Waals surface area contributed by atoms with E-state index in [4.69, 9.17) is 27.9 Å². The van der Waals surface area contributed by atoms with Crippen molar-refractivity contribution in [2.75, 3.05) is 0 Å². The first kappa shape index (κ1) is 12.5. The molecule has 0 radical (unpaired) electrons. The number of benzene rings is 1. The topological polar surface area (TPSA) is 35.0 Å². The molecule has 0 fully saturated rings. The molecule has 2 aromatic rings. The molecule has 0 aliphatic carbocycles. The Morgan fingerprint density at radius 3 is 2.76 bits per heavy atom. The summed E-state index contributed by atoms with van der Waals surface area (Å²) in [5.41, 5.74) is 0. The maximum Gasteiger partial charge on any atom is 0.237 e. The number of nitrogens with zero attached hydrogens (tertiary/aromatic N) is 2. The van der Waals surface area contributed by atoms with Crippen LogP contribution in [0.1, 0.15) is 0 Å². The molecule has 0 unspecified atom stereocenters. The molecule has 88 valence electrons. The average Bonchev–Trinajstić information content (AvgIpc) is 2.29. The van der Waals surface area contributed by atoms with Gasteiger partial charge in [0, 0.05) is 12.3 Å². The van der Waals surface area contributed by atoms with E-state index in [0.29, 0.717) is 4.47 Å². The van der Waals surface area contributed by atoms with Gasteiger partial charge in [-0.3, -0.25) is 0 Å². The van der Waals surface area contributed by atoms with E-state index in [-0.39, 0.29) is 21.9 Å². The van der Waals surface area contributed by atoms with Gasteiger partial charge in [0.25, 0.3) is 0 Å². The summed E-state index contributed by atoms with van der Waals surface area (Å²) in [6.07, 6.45) is 1.44. The molecule has 0 aliphatic heterocycles. The summed E-state index contributed by atoms with van der Waals surface area (Å²) < 4.78 is 19.0. The molecule has 0 atom stereocenters. The maximum absolute atomic E-state index is 13.2. The number of rotatable bonds is 2. The molecule has 0 N–H and O–H groups in total. The Labute approximate surface area is 115 Å². The Hall–Kier alpha value is -0.910. The number of hydrogen-bond acceptors (Lipinski definition) is 3. The molecule has 1 aromatic heterocycles. The van der Waals surface area contributed by atoms with Crippen LogP contribution < -0.4 is 4.74 Å². The van der Waals surface area contributed by atoms with Crippen LogP contribution in [-0.4, -0.2) is 9.97 Å². The maximum atomic E-state index is 13.2. The summed E-state index contributed by atoms with van der Waals surface area (Å²) in [4.78, 5) is 7.59. The lowest BCUT2D eigenvalue weighted by molar-refractivity contribution is 0.453. The van der Waals surface area contributed by atoms with Crippen LogP contribution in [0.5, 0.6) is 11.6 Å². The zero-order valence-corrected chi connectivity index (χ0v) is 11.2. The van der Waals surface area contributed by atoms with Crippen LogP contribution in [0.2, 0.25) is 10.3 Å². The third-order valence-electron chi connectivity index (χ3n) is 1.79. The summed E-state index contributed by atoms with van der Waals surface area (Å²) in [5.74, 6) is -0.102. The molecular weight excluding hydrogens is 334 g/mol. The van der Waals surface area contributed by atoms with Gasteiger partial charge < -0.3 is 4.74 Å². The lowest BCUT2D eigenvalue weighted by atomic mass is 10.3. The Bertz CT molecular complexity index is 568. The van der Waals surface area contributed by atoms with Crippen molar-refractivity contribution in [2.45, 2.75) is 0 Å². The van der Waals surface area contributed by atoms with Gasteiger partial charge in [-0.1, -0.05) is 11.6 Å². The van der Waals surface area contributed by atoms with Gasteiger partial charge in [-0.05, 0) is 39.7 Å². The van der Waals surface area contributed by atoms with Crippen molar-refractivity contribution in [3.05, 3.63) is 45.0 Å². The molecule has 0 aliphatic rings. The Balaban J connectivity index is 2.31. The number of ether oxygens (including phenoxy) is 1. The van der Waals surface area contributed by atoms with Gasteiger partial charge in [0.15, 0.2) is 0 Å². The molecule has 1 heterocycles. The largest absolute Gasteiger partial charge is 0.438 e. The van der Waals surface area contributed by atoms with E-state index in [2.05, 4.69) is 25.9 Å². The first-order valence-corrected chi connectivity index (χ1v) is 5.92. The fourth-order valence-electron chi connectivity index (χ4n) is 1.05. The minimum atomic E-state index is -0.569. The molecule has 2 rings (SSSR count). The molecule has 0 bridgehead atoms. The monoisotopic (exact) mass is 336 g/mol. The molecule has 1 aromatic carbocycles. The normalized spacial score (nSPS) is 10.4. The van der Waals surface area contributed by atoms with Gasteiger partial charge in [0.05, 0.1) is 9.50 Å². The van der Waals surface area contributed by atoms with Gasteiger partial charge in [-0.15, -0.1) is 0 Å². The van der Waals surface area contributed by atoms with Crippen molar-refractivity contribution in [2.24, 2.45) is 0 Å². The van der Waals surface area contributed by atoms with E-state index < -0.39 is 5.82 Å². The lowest BCUT2D eigenvalue weighted by Gasteiger charge is -2.06. The second-order valence-electron chi connectivity index (χ2n) is 2.97. The van der Waals surface area contributed by atoms with Crippen molar-refractivity contribution in [1.29, 1.82) is 0 Å². The number of aromatic nitrogens is 2. The molecule has 0 saturated heterocycles. The summed E-state index contributed by atoms with van der Waals surface area (Å²) in [6.45, 7) is 0. The predicted octanol–water partition coefficient (Wildman–Crippen LogP) is 4.48. The van der Waals surface area contributed by atoms with E-state index in [1.807, 2.05) is 0 Å². The second kappa shape index (κ2) is 5.16. The zero-order chi connectivity index (χ0) is 12.4. The minimum Gasteiger partial charge on any atom is -0.438 e. The van der Waals surface area contributed by atoms with E-state index >= 15 is 0 Å². The van der Waals surface area contributed by atoms with Crippen LogP contribution in [0, 0.1) is 5.82 Å². The molecule has 0 saturated carbocycles. The average molecular weight is 338 g/mol. The third kappa shape index (κ3) is 3.06. The highest BCUT2D eigenvalue weighted by Gasteiger charge is 2.08. The first-order chi connectivity index (χ1) is 8.06. The SMILES string of the molecule is Fc1cc(Oc2nc(Cl)ncc2Br)ccc1Cl. The number of hydrogen-bond donors (Lipinski definition) is 0. The van der Waals surface area contributed by atoms with Crippen LogP contribution in [-0.2, 0) is 0 Å². The van der Waals surface area contributed by atoms with Crippen LogP contribution in [0.3, 0.4) is 0 Å². The summed E-state index contributed by atoms with van der Waals surface area (Å²) in [7, 11) is 0. The van der Waals surface area contributed by atoms with Crippen molar-refractivity contribution in [1.82, 2.24) is 9.97 Å². The highest BCUT2D eigenvalue weighted by Crippen LogP contribution is 2.29. The molecule has 3 nitrogen and oxygen atoms in total. The van der Waals surface area contributed by atoms with Crippen LogP contribution >= 0.6 is 39.1 Å². The van der Waals surface area contributed by atoms with Gasteiger partial charge in [-0.2, -0.15) is 4.98 Å². The minimum absolute atomic E-state index is 0.0251. The van der Waals surface area contributed by atoms with Crippen LogP contribution in [0.15, 0.2) is 28.9 Å². The second-order valence-corrected chi connectivity index (χ2v) is 4.57. The Morgan fingerprint density at radius 1 is 1.29 bits per heavy atom. The van der Waals surface area contributed by atoms with Gasteiger partial charge in [0.1, 0.15) is 11.6 Å². The van der Waals surface area contributed by atoms with Crippen molar-refractivity contribution < 1.29 is 9.13 Å². The number of halogens is 4. The summed E-state index contributed by atoms with van der Waals surface area (Å²) in [6, 6.07) is 4.07. The quantitative estimate of drug-likeness (QED) is 0.758. The van der Waals surface area contributed by atoms with Crippen molar-refractivity contribution in [3.8, 4) is 11.6 Å². The smallest absolute Gasteiger partial charge is 0.237 e. The van der Waals surface area contributed by atoms with Crippen LogP contribution in [0.25, 0.3) is 0 Å². The van der Waals surface area contributed by atoms with E-state index in [1.165, 1.54) is 18.3 Å². The summed E-state index contributed by atoms with van der Waals surface area (Å²) in [5, 5.41) is 0.0646. The Kier molecular flexibility index (Phi) is 3.81. The third-order valence-corrected chi connectivity index (χ3v) is 2.82. The molecule has 7 heteroatoms. The molecule has 0 amide bonds. The van der Waals surface area contributed by atoms with Crippen molar-refractivity contribution in [3.63, 3.8) is 0 Å². The summed E-state index contributed by atoms with van der Waals surface area (Å²) >= 11 is 14.4. The van der Waals surface area contributed by atoms with Gasteiger partial charge in [0.2, 0.25) is 11.2 Å². The lowest BCUT2D eigenvalue weighted by Crippen LogP contribution is -1.92. The first-order valence-electron chi connectivity index (χ1n) is 4.37. The highest BCUT2D eigenvalue weighted by molar-refractivity contribution is 9.10. The van der Waals surface area contributed by atoms with E-state index in [9.17, 15) is 4.39 Å². The van der Waals surface area contributed by atoms with Gasteiger partial charge >= 0.3 is 0 Å². The zero-order valence-electron chi connectivity index (χ0n) is 8.12. The predicted molar refractivity (Wildman–Crippen MR) is 66.2 cm³/mol. The fourth-order valence-corrected chi connectivity index (χ4v) is 1.57. The van der Waals surface area contributed by atoms with Crippen molar-refractivity contribution >= 4 is 39.1 Å². The van der Waals surface area contributed by atoms with Crippen LogP contribution in [0.4, 0.5) is 4.39 Å². The molecule has 17 heavy (non-hydrogen) atoms. The fraction of sp³-hybridized carbons (Fsp3) is 0. The Morgan fingerprint density at radius 2 is 2.06 bits per heavy atom. The van der Waals surface area contributed by atoms with E-state index in [0.717, 1.165) is 6.07 Å². The molecular formula is C10H4BrCl2FN2O. The van der Waals surface area contributed by atoms with E-state index in [1.54, 1.807) is 0 Å². The molecule has 0 spiro atoms. The highest BCUT2D eigenvalue weighted by atomic mass is 79.9. The van der Waals surface area contributed by atoms with Gasteiger partial charge in [-0.25, -0.2) is 9.37 Å².